The summed E-state index contributed by atoms with van der Waals surface area (Å²) < 4.78 is 15.7. The Labute approximate surface area is 114 Å². The van der Waals surface area contributed by atoms with Gasteiger partial charge < -0.3 is 0 Å². The lowest BCUT2D eigenvalue weighted by Crippen LogP contribution is -1.98. The summed E-state index contributed by atoms with van der Waals surface area (Å²) in [7, 11) is 0. The molecule has 0 amide bonds. The second-order valence-electron chi connectivity index (χ2n) is 4.50. The van der Waals surface area contributed by atoms with E-state index in [2.05, 4.69) is 10.1 Å². The van der Waals surface area contributed by atoms with Gasteiger partial charge >= 0.3 is 0 Å². The minimum Gasteiger partial charge on any atom is -0.291 e. The third-order valence-corrected chi connectivity index (χ3v) is 3.71. The molecule has 0 fully saturated rings. The Balaban J connectivity index is 2.28. The molecule has 19 heavy (non-hydrogen) atoms. The van der Waals surface area contributed by atoms with Crippen LogP contribution in [0.3, 0.4) is 0 Å². The molecule has 3 aromatic rings. The monoisotopic (exact) mass is 273 g/mol. The van der Waals surface area contributed by atoms with Gasteiger partial charge in [-0.15, -0.1) is 0 Å². The lowest BCUT2D eigenvalue weighted by atomic mass is 10.1. The van der Waals surface area contributed by atoms with Crippen molar-refractivity contribution in [3.05, 3.63) is 52.0 Å². The van der Waals surface area contributed by atoms with Crippen molar-refractivity contribution in [1.29, 1.82) is 0 Å². The highest BCUT2D eigenvalue weighted by Gasteiger charge is 2.08. The summed E-state index contributed by atoms with van der Waals surface area (Å²) in [6, 6.07) is 8.30. The van der Waals surface area contributed by atoms with Gasteiger partial charge in [-0.3, -0.25) is 5.10 Å². The fourth-order valence-corrected chi connectivity index (χ4v) is 2.31. The number of hydrogen-bond donors (Lipinski definition) is 1. The molecule has 0 unspecified atom stereocenters. The van der Waals surface area contributed by atoms with Crippen molar-refractivity contribution in [2.75, 3.05) is 0 Å². The fraction of sp³-hybridized carbons (Fsp3) is 0.143. The molecule has 1 aromatic carbocycles. The Kier molecular flexibility index (Phi) is 2.71. The minimum atomic E-state index is -0.264. The molecule has 0 saturated heterocycles. The summed E-state index contributed by atoms with van der Waals surface area (Å²) in [6.45, 7) is 3.87. The van der Waals surface area contributed by atoms with E-state index in [-0.39, 0.29) is 5.82 Å². The van der Waals surface area contributed by atoms with Crippen LogP contribution in [-0.2, 0) is 0 Å². The first-order chi connectivity index (χ1) is 9.06. The number of halogens is 1. The summed E-state index contributed by atoms with van der Waals surface area (Å²) in [4.78, 5) is 4.48. The van der Waals surface area contributed by atoms with Crippen molar-refractivity contribution < 1.29 is 4.39 Å². The van der Waals surface area contributed by atoms with Gasteiger partial charge in [0.1, 0.15) is 10.5 Å². The van der Waals surface area contributed by atoms with Crippen LogP contribution in [0, 0.1) is 24.3 Å². The molecule has 0 aliphatic heterocycles. The molecule has 96 valence electrons. The molecule has 3 rings (SSSR count). The highest BCUT2D eigenvalue weighted by Crippen LogP contribution is 2.21. The molecule has 0 saturated carbocycles. The van der Waals surface area contributed by atoms with Gasteiger partial charge in [0.25, 0.3) is 0 Å². The average molecular weight is 273 g/mol. The molecule has 0 spiro atoms. The maximum absolute atomic E-state index is 13.3. The molecule has 0 aliphatic carbocycles. The topological polar surface area (TPSA) is 33.1 Å². The molecule has 5 heteroatoms. The molecule has 0 bridgehead atoms. The lowest BCUT2D eigenvalue weighted by molar-refractivity contribution is 0.628. The van der Waals surface area contributed by atoms with Gasteiger partial charge in [0.2, 0.25) is 0 Å². The Hall–Kier alpha value is -2.01. The van der Waals surface area contributed by atoms with E-state index in [0.29, 0.717) is 4.64 Å². The van der Waals surface area contributed by atoms with Gasteiger partial charge in [0.15, 0.2) is 5.65 Å². The fourth-order valence-electron chi connectivity index (χ4n) is 2.02. The Bertz CT molecular complexity index is 832. The van der Waals surface area contributed by atoms with E-state index in [9.17, 15) is 4.39 Å². The van der Waals surface area contributed by atoms with E-state index in [1.54, 1.807) is 10.6 Å². The van der Waals surface area contributed by atoms with Crippen LogP contribution in [0.2, 0.25) is 0 Å². The van der Waals surface area contributed by atoms with Gasteiger partial charge in [-0.1, -0.05) is 24.4 Å². The summed E-state index contributed by atoms with van der Waals surface area (Å²) in [5.74, 6) is -0.264. The zero-order valence-electron chi connectivity index (χ0n) is 10.6. The molecule has 0 aliphatic rings. The van der Waals surface area contributed by atoms with Crippen molar-refractivity contribution in [3.63, 3.8) is 0 Å². The van der Waals surface area contributed by atoms with Crippen LogP contribution in [0.15, 0.2) is 30.3 Å². The van der Waals surface area contributed by atoms with E-state index in [0.717, 1.165) is 28.2 Å². The predicted molar refractivity (Wildman–Crippen MR) is 75.2 cm³/mol. The number of nitrogens with zero attached hydrogens (tertiary/aromatic N) is 2. The number of aryl methyl sites for hydroxylation is 1. The Morgan fingerprint density at radius 1 is 1.26 bits per heavy atom. The largest absolute Gasteiger partial charge is 0.291 e. The standard InChI is InChI=1S/C14H12FN3S/c1-8-9(2)16-13-7-12(17-18(13)14(8)19)10-4-3-5-11(15)6-10/h3-7,17H,1-2H3. The van der Waals surface area contributed by atoms with Crippen molar-refractivity contribution in [2.24, 2.45) is 0 Å². The van der Waals surface area contributed by atoms with E-state index >= 15 is 0 Å². The van der Waals surface area contributed by atoms with Gasteiger partial charge in [0.05, 0.1) is 5.69 Å². The minimum absolute atomic E-state index is 0.264. The van der Waals surface area contributed by atoms with Gasteiger partial charge in [-0.05, 0) is 26.0 Å². The molecule has 3 nitrogen and oxygen atoms in total. The van der Waals surface area contributed by atoms with Crippen LogP contribution in [-0.4, -0.2) is 14.6 Å². The molecular weight excluding hydrogens is 261 g/mol. The molecule has 0 atom stereocenters. The first-order valence-electron chi connectivity index (χ1n) is 5.91. The van der Waals surface area contributed by atoms with Crippen LogP contribution in [0.25, 0.3) is 16.9 Å². The molecule has 0 radical (unpaired) electrons. The molecular formula is C14H12FN3S. The number of benzene rings is 1. The summed E-state index contributed by atoms with van der Waals surface area (Å²) in [5.41, 5.74) is 4.20. The van der Waals surface area contributed by atoms with E-state index < -0.39 is 0 Å². The van der Waals surface area contributed by atoms with Gasteiger partial charge in [-0.25, -0.2) is 13.9 Å². The van der Waals surface area contributed by atoms with Crippen LogP contribution in [0.1, 0.15) is 11.3 Å². The van der Waals surface area contributed by atoms with Gasteiger partial charge in [0, 0.05) is 22.9 Å². The molecule has 1 N–H and O–H groups in total. The highest BCUT2D eigenvalue weighted by molar-refractivity contribution is 7.71. The average Bonchev–Trinajstić information content (AvgIpc) is 2.80. The van der Waals surface area contributed by atoms with Crippen LogP contribution in [0.4, 0.5) is 4.39 Å². The van der Waals surface area contributed by atoms with Crippen molar-refractivity contribution in [1.82, 2.24) is 14.6 Å². The van der Waals surface area contributed by atoms with Crippen molar-refractivity contribution in [3.8, 4) is 11.3 Å². The number of H-pyrrole nitrogens is 1. The van der Waals surface area contributed by atoms with Crippen LogP contribution < -0.4 is 0 Å². The van der Waals surface area contributed by atoms with Crippen LogP contribution in [0.5, 0.6) is 0 Å². The number of aromatic nitrogens is 3. The lowest BCUT2D eigenvalue weighted by Gasteiger charge is -2.01. The maximum Gasteiger partial charge on any atom is 0.155 e. The van der Waals surface area contributed by atoms with Crippen molar-refractivity contribution in [2.45, 2.75) is 13.8 Å². The molecule has 2 heterocycles. The zero-order chi connectivity index (χ0) is 13.6. The number of fused-ring (bicyclic) bond motifs is 1. The van der Waals surface area contributed by atoms with Crippen LogP contribution >= 0.6 is 12.2 Å². The highest BCUT2D eigenvalue weighted by atomic mass is 32.1. The SMILES string of the molecule is Cc1nc2cc(-c3cccc(F)c3)[nH]n2c(=S)c1C. The van der Waals surface area contributed by atoms with E-state index in [1.807, 2.05) is 26.0 Å². The third-order valence-electron chi connectivity index (χ3n) is 3.22. The van der Waals surface area contributed by atoms with Crippen molar-refractivity contribution >= 4 is 17.9 Å². The summed E-state index contributed by atoms with van der Waals surface area (Å²) in [5, 5.41) is 3.16. The molecule has 2 aromatic heterocycles. The second kappa shape index (κ2) is 4.28. The summed E-state index contributed by atoms with van der Waals surface area (Å²) >= 11 is 5.39. The summed E-state index contributed by atoms with van der Waals surface area (Å²) in [6.07, 6.45) is 0. The third kappa shape index (κ3) is 1.96. The Morgan fingerprint density at radius 2 is 2.05 bits per heavy atom. The number of rotatable bonds is 1. The maximum atomic E-state index is 13.3. The first kappa shape index (κ1) is 12.0. The normalized spacial score (nSPS) is 11.1. The second-order valence-corrected chi connectivity index (χ2v) is 4.89. The smallest absolute Gasteiger partial charge is 0.155 e. The first-order valence-corrected chi connectivity index (χ1v) is 6.32. The number of aromatic amines is 1. The zero-order valence-corrected chi connectivity index (χ0v) is 11.4. The Morgan fingerprint density at radius 3 is 2.79 bits per heavy atom. The number of nitrogens with one attached hydrogen (secondary N) is 1. The van der Waals surface area contributed by atoms with E-state index in [4.69, 9.17) is 12.2 Å². The predicted octanol–water partition coefficient (Wildman–Crippen LogP) is 3.81. The van der Waals surface area contributed by atoms with E-state index in [1.165, 1.54) is 12.1 Å². The van der Waals surface area contributed by atoms with Gasteiger partial charge in [-0.2, -0.15) is 0 Å². The quantitative estimate of drug-likeness (QED) is 0.684. The number of hydrogen-bond acceptors (Lipinski definition) is 2.